The predicted octanol–water partition coefficient (Wildman–Crippen LogP) is -2.22. The third-order valence-electron chi connectivity index (χ3n) is 3.67. The normalized spacial score (nSPS) is 11.2. The molecule has 2 N–H and O–H groups in total. The number of hydrogen-bond acceptors (Lipinski definition) is 2. The Morgan fingerprint density at radius 2 is 1.35 bits per heavy atom. The van der Waals surface area contributed by atoms with Crippen LogP contribution in [-0.4, -0.2) is 22.2 Å². The fourth-order valence-corrected chi connectivity index (χ4v) is 2.32. The Kier molecular flexibility index (Phi) is 15.3. The number of hydrogen-bond donors (Lipinski definition) is 2. The molecule has 0 aliphatic rings. The summed E-state index contributed by atoms with van der Waals surface area (Å²) in [7, 11) is 0. The van der Waals surface area contributed by atoms with E-state index in [0.717, 1.165) is 25.7 Å². The Morgan fingerprint density at radius 1 is 0.950 bits per heavy atom. The summed E-state index contributed by atoms with van der Waals surface area (Å²) >= 11 is 0. The van der Waals surface area contributed by atoms with Crippen molar-refractivity contribution in [1.29, 1.82) is 0 Å². The second kappa shape index (κ2) is 11.7. The summed E-state index contributed by atoms with van der Waals surface area (Å²) in [6.45, 7) is 7.15. The molecule has 0 radical (unpaired) electrons. The summed E-state index contributed by atoms with van der Waals surface area (Å²) in [5, 5.41) is 18.7. The van der Waals surface area contributed by atoms with Crippen molar-refractivity contribution in [3.05, 3.63) is 0 Å². The zero-order valence-corrected chi connectivity index (χ0v) is 17.1. The number of aliphatic carboxylic acids is 2. The zero-order valence-electron chi connectivity index (χ0n) is 16.0. The molecule has 0 aliphatic carbocycles. The molecule has 6 heteroatoms. The van der Waals surface area contributed by atoms with E-state index in [4.69, 9.17) is 0 Å². The molecule has 0 saturated heterocycles. The molecule has 0 aromatic rings. The molecule has 0 aromatic carbocycles. The first-order valence-electron chi connectivity index (χ1n) is 6.67. The standard InChI is InChI=1S/C14H26O4.K.Li.2H/c1-5-6-7-8-9-10-14(11(15)16,12(17)18)13(2,3)4;;;;/h5-10H2,1-4H3,(H,15,16)(H,17,18);;;;/q;2*+1;2*-1. The topological polar surface area (TPSA) is 74.6 Å². The molecule has 0 fully saturated rings. The average Bonchev–Trinajstić information content (AvgIpc) is 2.20. The minimum absolute atomic E-state index is 0. The van der Waals surface area contributed by atoms with Crippen molar-refractivity contribution in [1.82, 2.24) is 0 Å². The first-order chi connectivity index (χ1) is 8.20. The molecule has 0 saturated carbocycles. The number of carboxylic acids is 2. The maximum Gasteiger partial charge on any atom is 1.00 e. The van der Waals surface area contributed by atoms with Crippen LogP contribution in [0.2, 0.25) is 0 Å². The molecule has 110 valence electrons. The number of carbonyl (C=O) groups is 2. The molecule has 4 nitrogen and oxygen atoms in total. The van der Waals surface area contributed by atoms with E-state index < -0.39 is 22.8 Å². The van der Waals surface area contributed by atoms with Crippen LogP contribution in [0.3, 0.4) is 0 Å². The van der Waals surface area contributed by atoms with E-state index >= 15 is 0 Å². The van der Waals surface area contributed by atoms with Gasteiger partial charge >= 0.3 is 82.2 Å². The summed E-state index contributed by atoms with van der Waals surface area (Å²) in [6.07, 6.45) is 5.01. The Hall–Kier alpha value is 1.17. The van der Waals surface area contributed by atoms with E-state index in [1.807, 2.05) is 0 Å². The van der Waals surface area contributed by atoms with Gasteiger partial charge in [0.1, 0.15) is 0 Å². The predicted molar refractivity (Wildman–Crippen MR) is 72.8 cm³/mol. The maximum atomic E-state index is 11.4. The molecular formula is C14H28KLiO4. The summed E-state index contributed by atoms with van der Waals surface area (Å²) < 4.78 is 0. The summed E-state index contributed by atoms with van der Waals surface area (Å²) in [5.41, 5.74) is -2.48. The number of unbranched alkanes of at least 4 members (excludes halogenated alkanes) is 4. The smallest absolute Gasteiger partial charge is 1.00 e. The van der Waals surface area contributed by atoms with Gasteiger partial charge in [0, 0.05) is 0 Å². The van der Waals surface area contributed by atoms with Crippen LogP contribution in [0.4, 0.5) is 0 Å². The van der Waals surface area contributed by atoms with Crippen molar-refractivity contribution in [2.45, 2.75) is 66.2 Å². The van der Waals surface area contributed by atoms with Gasteiger partial charge in [0.2, 0.25) is 0 Å². The molecule has 0 unspecified atom stereocenters. The van der Waals surface area contributed by atoms with Crippen molar-refractivity contribution < 1.29 is 92.9 Å². The third-order valence-corrected chi connectivity index (χ3v) is 3.67. The SMILES string of the molecule is CCCCCCCC(C(=O)O)(C(=O)O)C(C)(C)C.[H-].[H-].[K+].[Li+]. The fraction of sp³-hybridized carbons (Fsp3) is 0.857. The average molecular weight is 306 g/mol. The van der Waals surface area contributed by atoms with Crippen molar-refractivity contribution in [2.24, 2.45) is 10.8 Å². The van der Waals surface area contributed by atoms with E-state index in [1.54, 1.807) is 20.8 Å². The van der Waals surface area contributed by atoms with Gasteiger partial charge in [-0.3, -0.25) is 9.59 Å². The first kappa shape index (κ1) is 26.1. The van der Waals surface area contributed by atoms with Crippen LogP contribution in [0.15, 0.2) is 0 Å². The second-order valence-corrected chi connectivity index (χ2v) is 5.93. The third kappa shape index (κ3) is 6.96. The van der Waals surface area contributed by atoms with Crippen LogP contribution in [-0.2, 0) is 9.59 Å². The largest absolute Gasteiger partial charge is 1.00 e. The fourth-order valence-electron chi connectivity index (χ4n) is 2.32. The Morgan fingerprint density at radius 3 is 1.65 bits per heavy atom. The Balaban J connectivity index is -0.000000241. The molecule has 0 heterocycles. The van der Waals surface area contributed by atoms with Crippen molar-refractivity contribution in [2.75, 3.05) is 0 Å². The quantitative estimate of drug-likeness (QED) is 0.303. The molecular weight excluding hydrogens is 278 g/mol. The minimum atomic E-state index is -1.68. The van der Waals surface area contributed by atoms with Gasteiger partial charge in [0.05, 0.1) is 0 Å². The molecule has 0 aromatic heterocycles. The van der Waals surface area contributed by atoms with E-state index in [9.17, 15) is 19.8 Å². The summed E-state index contributed by atoms with van der Waals surface area (Å²) in [4.78, 5) is 22.9. The van der Waals surface area contributed by atoms with Crippen molar-refractivity contribution >= 4 is 11.9 Å². The van der Waals surface area contributed by atoms with Gasteiger partial charge < -0.3 is 13.1 Å². The monoisotopic (exact) mass is 306 g/mol. The van der Waals surface area contributed by atoms with Gasteiger partial charge in [0.25, 0.3) is 0 Å². The molecule has 0 atom stereocenters. The van der Waals surface area contributed by atoms with Gasteiger partial charge in [-0.1, -0.05) is 59.8 Å². The summed E-state index contributed by atoms with van der Waals surface area (Å²) in [6, 6.07) is 0. The van der Waals surface area contributed by atoms with Gasteiger partial charge in [0.15, 0.2) is 5.41 Å². The molecule has 0 spiro atoms. The zero-order chi connectivity index (χ0) is 14.4. The van der Waals surface area contributed by atoms with E-state index in [1.165, 1.54) is 0 Å². The van der Waals surface area contributed by atoms with Crippen LogP contribution >= 0.6 is 0 Å². The molecule has 0 amide bonds. The molecule has 0 rings (SSSR count). The van der Waals surface area contributed by atoms with E-state index in [2.05, 4.69) is 6.92 Å². The van der Waals surface area contributed by atoms with Gasteiger partial charge in [-0.05, 0) is 11.8 Å². The molecule has 0 aliphatic heterocycles. The molecule has 20 heavy (non-hydrogen) atoms. The van der Waals surface area contributed by atoms with Crippen LogP contribution in [0.1, 0.15) is 69.1 Å². The van der Waals surface area contributed by atoms with E-state index in [-0.39, 0.29) is 79.5 Å². The van der Waals surface area contributed by atoms with E-state index in [0.29, 0.717) is 6.42 Å². The first-order valence-corrected chi connectivity index (χ1v) is 6.67. The number of rotatable bonds is 8. The van der Waals surface area contributed by atoms with Crippen molar-refractivity contribution in [3.63, 3.8) is 0 Å². The van der Waals surface area contributed by atoms with Crippen LogP contribution in [0.25, 0.3) is 0 Å². The Bertz CT molecular complexity index is 296. The maximum absolute atomic E-state index is 11.4. The van der Waals surface area contributed by atoms with Gasteiger partial charge in [-0.25, -0.2) is 0 Å². The van der Waals surface area contributed by atoms with Crippen LogP contribution in [0, 0.1) is 10.8 Å². The second-order valence-electron chi connectivity index (χ2n) is 5.93. The van der Waals surface area contributed by atoms with Crippen LogP contribution in [0.5, 0.6) is 0 Å². The number of carboxylic acid groups (broad SMARTS) is 2. The Labute approximate surface area is 180 Å². The van der Waals surface area contributed by atoms with Crippen LogP contribution < -0.4 is 70.2 Å². The van der Waals surface area contributed by atoms with Gasteiger partial charge in [-0.2, -0.15) is 0 Å². The van der Waals surface area contributed by atoms with Crippen molar-refractivity contribution in [3.8, 4) is 0 Å². The summed E-state index contributed by atoms with van der Waals surface area (Å²) in [5.74, 6) is -2.45. The van der Waals surface area contributed by atoms with Gasteiger partial charge in [-0.15, -0.1) is 0 Å². The molecule has 0 bridgehead atoms. The minimum Gasteiger partial charge on any atom is -1.00 e.